The molecule has 0 amide bonds. The van der Waals surface area contributed by atoms with E-state index in [4.69, 9.17) is 0 Å². The lowest BCUT2D eigenvalue weighted by Crippen LogP contribution is -1.99. The van der Waals surface area contributed by atoms with Gasteiger partial charge in [0.05, 0.1) is 12.2 Å². The quantitative estimate of drug-likeness (QED) is 0.673. The molecular formula is C13H18N2. The molecule has 0 N–H and O–H groups in total. The highest BCUT2D eigenvalue weighted by Crippen LogP contribution is 2.35. The molecule has 1 aromatic carbocycles. The Morgan fingerprint density at radius 2 is 1.60 bits per heavy atom. The van der Waals surface area contributed by atoms with Gasteiger partial charge in [0.2, 0.25) is 0 Å². The summed E-state index contributed by atoms with van der Waals surface area (Å²) in [5.41, 5.74) is 5.23. The van der Waals surface area contributed by atoms with E-state index in [1.807, 2.05) is 0 Å². The van der Waals surface area contributed by atoms with Crippen molar-refractivity contribution in [3.05, 3.63) is 28.8 Å². The van der Waals surface area contributed by atoms with Crippen molar-refractivity contribution < 1.29 is 0 Å². The fourth-order valence-electron chi connectivity index (χ4n) is 2.08. The van der Waals surface area contributed by atoms with Gasteiger partial charge in [-0.15, -0.1) is 0 Å². The highest BCUT2D eigenvalue weighted by molar-refractivity contribution is 5.54. The normalized spacial score (nSPS) is 14.0. The molecule has 0 spiro atoms. The maximum absolute atomic E-state index is 4.17. The van der Waals surface area contributed by atoms with Crippen molar-refractivity contribution >= 4 is 5.69 Å². The van der Waals surface area contributed by atoms with E-state index in [0.717, 1.165) is 12.2 Å². The van der Waals surface area contributed by atoms with Crippen LogP contribution in [-0.2, 0) is 6.54 Å². The minimum absolute atomic E-state index is 0.559. The molecule has 0 saturated carbocycles. The van der Waals surface area contributed by atoms with Gasteiger partial charge in [-0.1, -0.05) is 33.8 Å². The molecule has 1 aromatic rings. The van der Waals surface area contributed by atoms with Crippen molar-refractivity contribution in [3.8, 4) is 0 Å². The van der Waals surface area contributed by atoms with Gasteiger partial charge in [-0.3, -0.25) is 0 Å². The van der Waals surface area contributed by atoms with Crippen molar-refractivity contribution in [1.29, 1.82) is 0 Å². The molecule has 0 atom stereocenters. The van der Waals surface area contributed by atoms with E-state index in [2.05, 4.69) is 50.1 Å². The summed E-state index contributed by atoms with van der Waals surface area (Å²) in [6.45, 7) is 9.72. The number of benzene rings is 1. The minimum Gasteiger partial charge on any atom is -0.184 e. The molecule has 1 aliphatic rings. The monoisotopic (exact) mass is 202 g/mol. The largest absolute Gasteiger partial charge is 0.184 e. The van der Waals surface area contributed by atoms with E-state index in [0.29, 0.717) is 11.8 Å². The van der Waals surface area contributed by atoms with Crippen LogP contribution in [0.2, 0.25) is 0 Å². The van der Waals surface area contributed by atoms with Crippen LogP contribution in [0.15, 0.2) is 22.4 Å². The summed E-state index contributed by atoms with van der Waals surface area (Å²) < 4.78 is 0. The maximum atomic E-state index is 4.17. The highest BCUT2D eigenvalue weighted by atomic mass is 15.1. The van der Waals surface area contributed by atoms with E-state index in [9.17, 15) is 0 Å². The van der Waals surface area contributed by atoms with E-state index >= 15 is 0 Å². The minimum atomic E-state index is 0.559. The average molecular weight is 202 g/mol. The number of nitrogens with zero attached hydrogens (tertiary/aromatic N) is 2. The number of fused-ring (bicyclic) bond motifs is 1. The summed E-state index contributed by atoms with van der Waals surface area (Å²) in [7, 11) is 0. The first-order valence-electron chi connectivity index (χ1n) is 5.63. The summed E-state index contributed by atoms with van der Waals surface area (Å²) in [5.74, 6) is 1.14. The summed E-state index contributed by atoms with van der Waals surface area (Å²) in [4.78, 5) is 0. The summed E-state index contributed by atoms with van der Waals surface area (Å²) in [6, 6.07) is 4.50. The van der Waals surface area contributed by atoms with Gasteiger partial charge in [0.1, 0.15) is 0 Å². The molecule has 15 heavy (non-hydrogen) atoms. The second-order valence-corrected chi connectivity index (χ2v) is 4.82. The topological polar surface area (TPSA) is 24.7 Å². The van der Waals surface area contributed by atoms with E-state index < -0.39 is 0 Å². The lowest BCUT2D eigenvalue weighted by molar-refractivity contribution is 0.788. The van der Waals surface area contributed by atoms with Gasteiger partial charge >= 0.3 is 0 Å². The van der Waals surface area contributed by atoms with Crippen molar-refractivity contribution in [2.75, 3.05) is 0 Å². The van der Waals surface area contributed by atoms with Gasteiger partial charge in [0.25, 0.3) is 0 Å². The lowest BCUT2D eigenvalue weighted by atomic mass is 9.88. The van der Waals surface area contributed by atoms with E-state index in [1.54, 1.807) is 0 Å². The van der Waals surface area contributed by atoms with Crippen LogP contribution in [0.1, 0.15) is 56.2 Å². The van der Waals surface area contributed by atoms with Crippen molar-refractivity contribution in [3.63, 3.8) is 0 Å². The number of hydrogen-bond donors (Lipinski definition) is 0. The number of rotatable bonds is 2. The zero-order chi connectivity index (χ0) is 11.0. The lowest BCUT2D eigenvalue weighted by Gasteiger charge is -2.17. The second kappa shape index (κ2) is 3.76. The van der Waals surface area contributed by atoms with E-state index in [-0.39, 0.29) is 0 Å². The molecule has 2 nitrogen and oxygen atoms in total. The molecule has 1 heterocycles. The molecular weight excluding hydrogens is 184 g/mol. The van der Waals surface area contributed by atoms with Crippen LogP contribution in [0.4, 0.5) is 5.69 Å². The summed E-state index contributed by atoms with van der Waals surface area (Å²) >= 11 is 0. The molecule has 0 saturated heterocycles. The molecule has 0 aromatic heterocycles. The summed E-state index contributed by atoms with van der Waals surface area (Å²) in [5, 5.41) is 8.24. The predicted molar refractivity (Wildman–Crippen MR) is 62.8 cm³/mol. The summed E-state index contributed by atoms with van der Waals surface area (Å²) in [6.07, 6.45) is 0. The molecule has 2 heteroatoms. The third kappa shape index (κ3) is 1.81. The van der Waals surface area contributed by atoms with Crippen molar-refractivity contribution in [1.82, 2.24) is 0 Å². The van der Waals surface area contributed by atoms with Gasteiger partial charge in [0, 0.05) is 5.56 Å². The first-order chi connectivity index (χ1) is 7.09. The van der Waals surface area contributed by atoms with Crippen molar-refractivity contribution in [2.24, 2.45) is 10.2 Å². The van der Waals surface area contributed by atoms with E-state index in [1.165, 1.54) is 16.7 Å². The third-order valence-electron chi connectivity index (χ3n) is 2.95. The molecule has 1 aliphatic heterocycles. The van der Waals surface area contributed by atoms with Crippen molar-refractivity contribution in [2.45, 2.75) is 46.1 Å². The molecule has 0 bridgehead atoms. The Bertz CT molecular complexity index is 403. The van der Waals surface area contributed by atoms with Crippen LogP contribution in [0, 0.1) is 0 Å². The Morgan fingerprint density at radius 1 is 1.00 bits per heavy atom. The molecule has 0 radical (unpaired) electrons. The number of azo groups is 1. The molecule has 80 valence electrons. The van der Waals surface area contributed by atoms with Gasteiger partial charge < -0.3 is 0 Å². The number of hydrogen-bond acceptors (Lipinski definition) is 2. The Hall–Kier alpha value is -1.18. The molecule has 0 aliphatic carbocycles. The fraction of sp³-hybridized carbons (Fsp3) is 0.538. The van der Waals surface area contributed by atoms with Crippen LogP contribution >= 0.6 is 0 Å². The van der Waals surface area contributed by atoms with Gasteiger partial charge in [0.15, 0.2) is 0 Å². The van der Waals surface area contributed by atoms with Gasteiger partial charge in [-0.05, 0) is 29.0 Å². The molecule has 2 rings (SSSR count). The SMILES string of the molecule is CC(C)c1cc2c(cc1C(C)C)N=NC2. The van der Waals surface area contributed by atoms with Crippen LogP contribution in [-0.4, -0.2) is 0 Å². The van der Waals surface area contributed by atoms with Crippen LogP contribution < -0.4 is 0 Å². The van der Waals surface area contributed by atoms with Crippen LogP contribution in [0.25, 0.3) is 0 Å². The average Bonchev–Trinajstić information content (AvgIpc) is 2.61. The zero-order valence-electron chi connectivity index (χ0n) is 9.91. The Labute approximate surface area is 91.4 Å². The Kier molecular flexibility index (Phi) is 2.59. The second-order valence-electron chi connectivity index (χ2n) is 4.82. The maximum Gasteiger partial charge on any atom is 0.0907 e. The first kappa shape index (κ1) is 10.3. The zero-order valence-corrected chi connectivity index (χ0v) is 9.91. The van der Waals surface area contributed by atoms with Gasteiger partial charge in [-0.25, -0.2) is 0 Å². The standard InChI is InChI=1S/C13H18N2/c1-8(2)11-5-10-7-14-15-13(10)6-12(11)9(3)4/h5-6,8-9H,7H2,1-4H3. The van der Waals surface area contributed by atoms with Crippen LogP contribution in [0.5, 0.6) is 0 Å². The van der Waals surface area contributed by atoms with Crippen LogP contribution in [0.3, 0.4) is 0 Å². The first-order valence-corrected chi connectivity index (χ1v) is 5.63. The highest BCUT2D eigenvalue weighted by Gasteiger charge is 2.16. The fourth-order valence-corrected chi connectivity index (χ4v) is 2.08. The third-order valence-corrected chi connectivity index (χ3v) is 2.95. The molecule has 0 fully saturated rings. The molecule has 0 unspecified atom stereocenters. The Balaban J connectivity index is 2.55. The Morgan fingerprint density at radius 3 is 2.20 bits per heavy atom. The predicted octanol–water partition coefficient (Wildman–Crippen LogP) is 4.53. The van der Waals surface area contributed by atoms with Gasteiger partial charge in [-0.2, -0.15) is 10.2 Å². The smallest absolute Gasteiger partial charge is 0.0907 e.